The molecule has 1 fully saturated rings. The molecule has 2 aromatic rings. The van der Waals surface area contributed by atoms with E-state index in [0.29, 0.717) is 12.1 Å². The topological polar surface area (TPSA) is 87.3 Å². The Labute approximate surface area is 211 Å². The Balaban J connectivity index is 1.86. The van der Waals surface area contributed by atoms with Crippen molar-refractivity contribution in [1.82, 2.24) is 0 Å². The van der Waals surface area contributed by atoms with Crippen molar-refractivity contribution < 1.29 is 36.3 Å². The first-order valence-electron chi connectivity index (χ1n) is 8.97. The minimum atomic E-state index is -4.06. The molecule has 1 atom stereocenters. The van der Waals surface area contributed by atoms with Crippen molar-refractivity contribution in [1.29, 1.82) is 0 Å². The summed E-state index contributed by atoms with van der Waals surface area (Å²) in [4.78, 5) is 32.0. The predicted octanol–water partition coefficient (Wildman–Crippen LogP) is 6.07. The Morgan fingerprint density at radius 2 is 1.65 bits per heavy atom. The molecule has 0 radical (unpaired) electrons. The minimum absolute atomic E-state index is 0.151. The molecule has 3 N–H and O–H groups in total. The molecule has 0 heterocycles. The Morgan fingerprint density at radius 3 is 2.21 bits per heavy atom. The van der Waals surface area contributed by atoms with E-state index in [1.807, 2.05) is 0 Å². The summed E-state index contributed by atoms with van der Waals surface area (Å²) in [7, 11) is 0. The molecule has 182 valence electrons. The first-order valence-corrected chi connectivity index (χ1v) is 10.9. The smallest absolute Gasteiger partial charge is 0.326 e. The number of alkyl halides is 5. The zero-order chi connectivity index (χ0) is 25.6. The SMILES string of the molecule is O=C(Nc1c(F)ccc(NC(=O)C(F)(F)Br)c1F)c1cc(NC(=O)C2CC2(Cl)Cl)cc(F)c1Cl. The minimum Gasteiger partial charge on any atom is -0.326 e. The maximum Gasteiger partial charge on any atom is 0.378 e. The third kappa shape index (κ3) is 5.73. The Bertz CT molecular complexity index is 1210. The number of rotatable bonds is 6. The summed E-state index contributed by atoms with van der Waals surface area (Å²) >= 11 is 19.2. The zero-order valence-corrected chi connectivity index (χ0v) is 20.1. The second kappa shape index (κ2) is 9.48. The number of hydrogen-bond donors (Lipinski definition) is 3. The Kier molecular flexibility index (Phi) is 7.38. The molecule has 0 aromatic heterocycles. The molecule has 0 bridgehead atoms. The Morgan fingerprint density at radius 1 is 1.03 bits per heavy atom. The van der Waals surface area contributed by atoms with Crippen LogP contribution in [-0.4, -0.2) is 26.9 Å². The van der Waals surface area contributed by atoms with Crippen molar-refractivity contribution in [2.24, 2.45) is 5.92 Å². The number of hydrogen-bond acceptors (Lipinski definition) is 3. The van der Waals surface area contributed by atoms with Gasteiger partial charge in [0.15, 0.2) is 5.82 Å². The summed E-state index contributed by atoms with van der Waals surface area (Å²) < 4.78 is 67.8. The number of halogens is 9. The van der Waals surface area contributed by atoms with Gasteiger partial charge in [-0.05, 0) is 30.7 Å². The van der Waals surface area contributed by atoms with E-state index in [2.05, 4.69) is 5.32 Å². The maximum atomic E-state index is 14.6. The summed E-state index contributed by atoms with van der Waals surface area (Å²) in [6.07, 6.45) is 0.151. The van der Waals surface area contributed by atoms with Crippen LogP contribution in [0.25, 0.3) is 0 Å². The van der Waals surface area contributed by atoms with Crippen LogP contribution in [0.4, 0.5) is 39.0 Å². The molecule has 34 heavy (non-hydrogen) atoms. The molecule has 1 saturated carbocycles. The van der Waals surface area contributed by atoms with Gasteiger partial charge in [-0.15, -0.1) is 23.2 Å². The van der Waals surface area contributed by atoms with Crippen LogP contribution in [0.15, 0.2) is 24.3 Å². The third-order valence-electron chi connectivity index (χ3n) is 4.52. The summed E-state index contributed by atoms with van der Waals surface area (Å²) in [6, 6.07) is 2.95. The lowest BCUT2D eigenvalue weighted by Crippen LogP contribution is -2.29. The van der Waals surface area contributed by atoms with Gasteiger partial charge in [-0.25, -0.2) is 13.2 Å². The third-order valence-corrected chi connectivity index (χ3v) is 6.10. The molecule has 0 saturated heterocycles. The summed E-state index contributed by atoms with van der Waals surface area (Å²) in [6.45, 7) is 0. The van der Waals surface area contributed by atoms with Gasteiger partial charge >= 0.3 is 10.7 Å². The highest BCUT2D eigenvalue weighted by Crippen LogP contribution is 2.53. The van der Waals surface area contributed by atoms with Gasteiger partial charge < -0.3 is 16.0 Å². The number of amides is 3. The van der Waals surface area contributed by atoms with Crippen molar-refractivity contribution in [2.75, 3.05) is 16.0 Å². The van der Waals surface area contributed by atoms with Crippen molar-refractivity contribution in [3.63, 3.8) is 0 Å². The van der Waals surface area contributed by atoms with Gasteiger partial charge in [-0.1, -0.05) is 11.6 Å². The molecule has 3 rings (SSSR count). The number of nitrogens with one attached hydrogen (secondary N) is 3. The van der Waals surface area contributed by atoms with E-state index < -0.39 is 72.2 Å². The lowest BCUT2D eigenvalue weighted by molar-refractivity contribution is -0.128. The van der Waals surface area contributed by atoms with Gasteiger partial charge in [0, 0.05) is 21.6 Å². The maximum absolute atomic E-state index is 14.6. The van der Waals surface area contributed by atoms with E-state index in [1.54, 1.807) is 21.2 Å². The largest absolute Gasteiger partial charge is 0.378 e. The predicted molar refractivity (Wildman–Crippen MR) is 119 cm³/mol. The van der Waals surface area contributed by atoms with Gasteiger partial charge in [-0.3, -0.25) is 14.4 Å². The van der Waals surface area contributed by atoms with E-state index in [1.165, 1.54) is 5.32 Å². The van der Waals surface area contributed by atoms with Crippen LogP contribution in [0, 0.1) is 23.4 Å². The van der Waals surface area contributed by atoms with Crippen molar-refractivity contribution in [3.05, 3.63) is 52.3 Å². The van der Waals surface area contributed by atoms with Crippen molar-refractivity contribution >= 4 is 85.5 Å². The highest BCUT2D eigenvalue weighted by Gasteiger charge is 2.56. The quantitative estimate of drug-likeness (QED) is 0.275. The van der Waals surface area contributed by atoms with E-state index >= 15 is 0 Å². The van der Waals surface area contributed by atoms with Crippen LogP contribution in [0.2, 0.25) is 5.02 Å². The lowest BCUT2D eigenvalue weighted by Gasteiger charge is -2.15. The molecular weight excluding hydrogens is 599 g/mol. The van der Waals surface area contributed by atoms with Gasteiger partial charge in [0.2, 0.25) is 5.91 Å². The molecule has 2 aromatic carbocycles. The first kappa shape index (κ1) is 26.5. The van der Waals surface area contributed by atoms with Gasteiger partial charge in [0.1, 0.15) is 21.7 Å². The molecule has 6 nitrogen and oxygen atoms in total. The Hall–Kier alpha value is -2.15. The number of carbonyl (C=O) groups excluding carboxylic acids is 3. The average molecular weight is 610 g/mol. The van der Waals surface area contributed by atoms with Crippen LogP contribution in [-0.2, 0) is 9.59 Å². The fourth-order valence-electron chi connectivity index (χ4n) is 2.69. The number of anilines is 3. The molecule has 1 unspecified atom stereocenters. The average Bonchev–Trinajstić information content (AvgIpc) is 3.37. The van der Waals surface area contributed by atoms with E-state index in [4.69, 9.17) is 34.8 Å². The molecule has 15 heteroatoms. The van der Waals surface area contributed by atoms with Gasteiger partial charge in [0.05, 0.1) is 22.2 Å². The second-order valence-corrected chi connectivity index (χ2v) is 9.93. The first-order chi connectivity index (χ1) is 15.6. The van der Waals surface area contributed by atoms with Crippen molar-refractivity contribution in [3.8, 4) is 0 Å². The summed E-state index contributed by atoms with van der Waals surface area (Å²) in [5.74, 6) is -8.81. The van der Waals surface area contributed by atoms with E-state index in [9.17, 15) is 36.3 Å². The van der Waals surface area contributed by atoms with E-state index in [-0.39, 0.29) is 12.1 Å². The highest BCUT2D eigenvalue weighted by molar-refractivity contribution is 9.10. The van der Waals surface area contributed by atoms with Crippen LogP contribution < -0.4 is 16.0 Å². The molecule has 3 amide bonds. The van der Waals surface area contributed by atoms with Gasteiger partial charge in [-0.2, -0.15) is 8.78 Å². The lowest BCUT2D eigenvalue weighted by atomic mass is 10.1. The molecule has 1 aliphatic carbocycles. The number of benzene rings is 2. The van der Waals surface area contributed by atoms with Crippen LogP contribution in [0.5, 0.6) is 0 Å². The molecule has 0 spiro atoms. The number of carbonyl (C=O) groups is 3. The highest BCUT2D eigenvalue weighted by atomic mass is 79.9. The molecule has 1 aliphatic rings. The van der Waals surface area contributed by atoms with Crippen LogP contribution in [0.3, 0.4) is 0 Å². The van der Waals surface area contributed by atoms with Crippen LogP contribution in [0.1, 0.15) is 16.8 Å². The second-order valence-electron chi connectivity index (χ2n) is 7.02. The van der Waals surface area contributed by atoms with Crippen LogP contribution >= 0.6 is 50.7 Å². The standard InChI is InChI=1S/C19H10BrCl3F5N3O3/c20-19(27,28)17(34)30-11-2-1-9(24)14(13(11)26)31-15(32)7-3-6(4-10(25)12(7)21)29-16(33)8-5-18(8,22)23/h1-4,8H,5H2,(H,29,33)(H,30,34)(H,31,32). The van der Waals surface area contributed by atoms with E-state index in [0.717, 1.165) is 12.1 Å². The van der Waals surface area contributed by atoms with Crippen molar-refractivity contribution in [2.45, 2.75) is 15.6 Å². The summed E-state index contributed by atoms with van der Waals surface area (Å²) in [5, 5.41) is 4.88. The normalized spacial score (nSPS) is 16.6. The fourth-order valence-corrected chi connectivity index (χ4v) is 3.49. The van der Waals surface area contributed by atoms with Gasteiger partial charge in [0.25, 0.3) is 5.91 Å². The fraction of sp³-hybridized carbons (Fsp3) is 0.211. The molecular formula is C19H10BrCl3F5N3O3. The zero-order valence-electron chi connectivity index (χ0n) is 16.2. The molecule has 0 aliphatic heterocycles. The summed E-state index contributed by atoms with van der Waals surface area (Å²) in [5.41, 5.74) is -2.88. The monoisotopic (exact) mass is 607 g/mol.